The molecule has 0 saturated heterocycles. The van der Waals surface area contributed by atoms with E-state index in [-0.39, 0.29) is 0 Å². The largest absolute Gasteiger partial charge is 0.458 e. The Hall–Kier alpha value is -3.30. The summed E-state index contributed by atoms with van der Waals surface area (Å²) in [6.07, 6.45) is 4.14. The quantitative estimate of drug-likeness (QED) is 0.500. The fourth-order valence-corrected chi connectivity index (χ4v) is 2.01. The minimum Gasteiger partial charge on any atom is -0.458 e. The summed E-state index contributed by atoms with van der Waals surface area (Å²) in [4.78, 5) is 57.2. The van der Waals surface area contributed by atoms with Crippen molar-refractivity contribution in [1.82, 2.24) is 19.9 Å². The molecule has 0 radical (unpaired) electrons. The highest BCUT2D eigenvalue weighted by Crippen LogP contribution is 2.04. The van der Waals surface area contributed by atoms with Crippen molar-refractivity contribution in [1.29, 1.82) is 0 Å². The number of nitrogens with zero attached hydrogens (tertiary/aromatic N) is 2. The predicted octanol–water partition coefficient (Wildman–Crippen LogP) is 0.981. The molecule has 2 aromatic rings. The fraction of sp³-hybridized carbons (Fsp3) is 0.444. The van der Waals surface area contributed by atoms with Crippen LogP contribution in [0, 0.1) is 13.8 Å². The number of H-pyrrole nitrogens is 2. The minimum absolute atomic E-state index is 0.402. The van der Waals surface area contributed by atoms with Gasteiger partial charge in [0.1, 0.15) is 24.9 Å². The van der Waals surface area contributed by atoms with Gasteiger partial charge in [0.05, 0.1) is 6.42 Å². The first kappa shape index (κ1) is 22.7. The Balaban J connectivity index is 0.000000281. The molecule has 152 valence electrons. The van der Waals surface area contributed by atoms with Crippen LogP contribution in [-0.4, -0.2) is 56.7 Å². The molecule has 0 saturated carbocycles. The molecule has 10 heteroatoms. The molecule has 2 aromatic heterocycles. The molecule has 2 heterocycles. The van der Waals surface area contributed by atoms with Gasteiger partial charge in [-0.2, -0.15) is 0 Å². The maximum Gasteiger partial charge on any atom is 0.303 e. The SMILES string of the molecule is CC(=O)OCC(=O)CC(=O)COC(C)=O.Cc1ncc(Cc2cnc(C)[nH]2)[nH]1. The number of esters is 2. The smallest absolute Gasteiger partial charge is 0.303 e. The van der Waals surface area contributed by atoms with Gasteiger partial charge in [-0.1, -0.05) is 0 Å². The van der Waals surface area contributed by atoms with Crippen LogP contribution in [0.2, 0.25) is 0 Å². The molecule has 0 amide bonds. The first-order valence-electron chi connectivity index (χ1n) is 8.46. The van der Waals surface area contributed by atoms with Crippen molar-refractivity contribution in [2.45, 2.75) is 40.5 Å². The predicted molar refractivity (Wildman–Crippen MR) is 97.4 cm³/mol. The van der Waals surface area contributed by atoms with Crippen LogP contribution in [0.1, 0.15) is 43.3 Å². The molecule has 28 heavy (non-hydrogen) atoms. The van der Waals surface area contributed by atoms with E-state index < -0.39 is 43.1 Å². The molecule has 0 spiro atoms. The van der Waals surface area contributed by atoms with Crippen LogP contribution in [0.15, 0.2) is 12.4 Å². The number of hydrogen-bond donors (Lipinski definition) is 2. The monoisotopic (exact) mass is 392 g/mol. The second-order valence-corrected chi connectivity index (χ2v) is 5.98. The highest BCUT2D eigenvalue weighted by Gasteiger charge is 2.12. The molecule has 0 aliphatic heterocycles. The van der Waals surface area contributed by atoms with E-state index >= 15 is 0 Å². The van der Waals surface area contributed by atoms with Crippen molar-refractivity contribution in [2.24, 2.45) is 0 Å². The van der Waals surface area contributed by atoms with Gasteiger partial charge in [0.15, 0.2) is 11.6 Å². The molecule has 0 aliphatic rings. The lowest BCUT2D eigenvalue weighted by Gasteiger charge is -2.01. The summed E-state index contributed by atoms with van der Waals surface area (Å²) in [6.45, 7) is 5.35. The third-order valence-electron chi connectivity index (χ3n) is 3.16. The minimum atomic E-state index is -0.587. The van der Waals surface area contributed by atoms with Gasteiger partial charge in [0.25, 0.3) is 0 Å². The van der Waals surface area contributed by atoms with Crippen LogP contribution in [-0.2, 0) is 35.1 Å². The van der Waals surface area contributed by atoms with Crippen molar-refractivity contribution in [3.05, 3.63) is 35.4 Å². The van der Waals surface area contributed by atoms with Gasteiger partial charge in [-0.15, -0.1) is 0 Å². The fourth-order valence-electron chi connectivity index (χ4n) is 2.01. The number of hydrogen-bond acceptors (Lipinski definition) is 8. The van der Waals surface area contributed by atoms with E-state index in [0.29, 0.717) is 0 Å². The van der Waals surface area contributed by atoms with Gasteiger partial charge >= 0.3 is 11.9 Å². The summed E-state index contributed by atoms with van der Waals surface area (Å²) < 4.78 is 8.76. The van der Waals surface area contributed by atoms with Gasteiger partial charge in [0.2, 0.25) is 0 Å². The van der Waals surface area contributed by atoms with E-state index in [4.69, 9.17) is 0 Å². The molecule has 0 aromatic carbocycles. The Morgan fingerprint density at radius 3 is 1.50 bits per heavy atom. The number of carbonyl (C=O) groups excluding carboxylic acids is 4. The van der Waals surface area contributed by atoms with Gasteiger partial charge in [-0.3, -0.25) is 19.2 Å². The summed E-state index contributed by atoms with van der Waals surface area (Å²) in [7, 11) is 0. The first-order valence-corrected chi connectivity index (χ1v) is 8.46. The van der Waals surface area contributed by atoms with Crippen LogP contribution >= 0.6 is 0 Å². The number of ketones is 2. The number of aromatic amines is 2. The number of aromatic nitrogens is 4. The normalized spacial score (nSPS) is 9.86. The number of rotatable bonds is 8. The number of ether oxygens (including phenoxy) is 2. The highest BCUT2D eigenvalue weighted by atomic mass is 16.5. The number of imidazole rings is 2. The van der Waals surface area contributed by atoms with E-state index in [1.54, 1.807) is 0 Å². The molecule has 2 N–H and O–H groups in total. The zero-order chi connectivity index (χ0) is 21.1. The van der Waals surface area contributed by atoms with Crippen LogP contribution in [0.4, 0.5) is 0 Å². The Morgan fingerprint density at radius 2 is 1.21 bits per heavy atom. The Morgan fingerprint density at radius 1 is 0.821 bits per heavy atom. The van der Waals surface area contributed by atoms with E-state index in [0.717, 1.165) is 43.3 Å². The number of nitrogens with one attached hydrogen (secondary N) is 2. The van der Waals surface area contributed by atoms with Crippen molar-refractivity contribution < 1.29 is 28.7 Å². The Kier molecular flexibility index (Phi) is 9.28. The summed E-state index contributed by atoms with van der Waals surface area (Å²) >= 11 is 0. The number of aryl methyl sites for hydroxylation is 2. The molecule has 2 rings (SSSR count). The first-order chi connectivity index (χ1) is 13.2. The Labute approximate surface area is 162 Å². The molecule has 0 aliphatic carbocycles. The molecule has 0 atom stereocenters. The Bertz CT molecular complexity index is 757. The van der Waals surface area contributed by atoms with Gasteiger partial charge in [-0.05, 0) is 13.8 Å². The molecule has 0 bridgehead atoms. The maximum atomic E-state index is 11.0. The van der Waals surface area contributed by atoms with Crippen LogP contribution in [0.5, 0.6) is 0 Å². The lowest BCUT2D eigenvalue weighted by atomic mass is 10.2. The van der Waals surface area contributed by atoms with Gasteiger partial charge < -0.3 is 19.4 Å². The van der Waals surface area contributed by atoms with Gasteiger partial charge in [0, 0.05) is 44.0 Å². The van der Waals surface area contributed by atoms with Crippen molar-refractivity contribution in [3.8, 4) is 0 Å². The number of carbonyl (C=O) groups is 4. The van der Waals surface area contributed by atoms with Gasteiger partial charge in [-0.25, -0.2) is 9.97 Å². The van der Waals surface area contributed by atoms with Crippen molar-refractivity contribution in [3.63, 3.8) is 0 Å². The average Bonchev–Trinajstić information content (AvgIpc) is 3.20. The second kappa shape index (κ2) is 11.4. The van der Waals surface area contributed by atoms with E-state index in [9.17, 15) is 19.2 Å². The zero-order valence-electron chi connectivity index (χ0n) is 16.3. The summed E-state index contributed by atoms with van der Waals surface area (Å²) in [5.41, 5.74) is 2.22. The molecular formula is C18H24N4O6. The van der Waals surface area contributed by atoms with E-state index in [1.165, 1.54) is 0 Å². The summed E-state index contributed by atoms with van der Waals surface area (Å²) in [5, 5.41) is 0. The second-order valence-electron chi connectivity index (χ2n) is 5.98. The van der Waals surface area contributed by atoms with Crippen LogP contribution in [0.3, 0.4) is 0 Å². The highest BCUT2D eigenvalue weighted by molar-refractivity contribution is 6.01. The summed E-state index contributed by atoms with van der Waals surface area (Å²) in [6, 6.07) is 0. The standard InChI is InChI=1S/C9H12N4.C9H12O6/c1-6-10-4-8(12-6)3-9-5-11-7(2)13-9;1-6(10)14-4-8(12)3-9(13)5-15-7(2)11/h4-5H,3H2,1-2H3,(H,10,12)(H,11,13);3-5H2,1-2H3. The molecular weight excluding hydrogens is 368 g/mol. The third kappa shape index (κ3) is 10.00. The average molecular weight is 392 g/mol. The lowest BCUT2D eigenvalue weighted by molar-refractivity contribution is -0.148. The van der Waals surface area contributed by atoms with E-state index in [2.05, 4.69) is 29.4 Å². The lowest BCUT2D eigenvalue weighted by Crippen LogP contribution is -2.19. The maximum absolute atomic E-state index is 11.0. The van der Waals surface area contributed by atoms with E-state index in [1.807, 2.05) is 26.2 Å². The molecule has 0 fully saturated rings. The van der Waals surface area contributed by atoms with Crippen LogP contribution in [0.25, 0.3) is 0 Å². The molecule has 0 unspecified atom stereocenters. The van der Waals surface area contributed by atoms with Crippen LogP contribution < -0.4 is 0 Å². The summed E-state index contributed by atoms with van der Waals surface area (Å²) in [5.74, 6) is -0.325. The topological polar surface area (TPSA) is 144 Å². The molecule has 10 nitrogen and oxygen atoms in total. The zero-order valence-corrected chi connectivity index (χ0v) is 16.3. The number of Topliss-reactive ketones (excluding diaryl/α,β-unsaturated/α-hetero) is 2. The van der Waals surface area contributed by atoms with Crippen molar-refractivity contribution in [2.75, 3.05) is 13.2 Å². The van der Waals surface area contributed by atoms with Crippen molar-refractivity contribution >= 4 is 23.5 Å². The third-order valence-corrected chi connectivity index (χ3v) is 3.16.